The molecule has 3 rings (SSSR count). The number of hydrogen-bond donors (Lipinski definition) is 0. The lowest BCUT2D eigenvalue weighted by Gasteiger charge is -2.30. The molecule has 0 saturated carbocycles. The third-order valence-corrected chi connectivity index (χ3v) is 9.11. The summed E-state index contributed by atoms with van der Waals surface area (Å²) in [6.07, 6.45) is 14.8. The van der Waals surface area contributed by atoms with E-state index in [0.717, 1.165) is 39.3 Å². The molecule has 0 aromatic heterocycles. The van der Waals surface area contributed by atoms with Crippen LogP contribution in [0.3, 0.4) is 0 Å². The zero-order valence-electron chi connectivity index (χ0n) is 30.4. The van der Waals surface area contributed by atoms with Crippen molar-refractivity contribution < 1.29 is 0 Å². The number of unbranched alkanes of at least 4 members (excludes halogenated alkanes) is 6. The van der Waals surface area contributed by atoms with E-state index >= 15 is 0 Å². The monoisotopic (exact) mass is 627 g/mol. The van der Waals surface area contributed by atoms with Crippen molar-refractivity contribution in [3.05, 3.63) is 72.8 Å². The van der Waals surface area contributed by atoms with Crippen molar-refractivity contribution in [1.29, 1.82) is 0 Å². The number of hydrogen-bond acceptors (Lipinski definition) is 4. The molecule has 4 heteroatoms. The highest BCUT2D eigenvalue weighted by Gasteiger charge is 2.16. The summed E-state index contributed by atoms with van der Waals surface area (Å²) >= 11 is 0. The first kappa shape index (κ1) is 37.3. The van der Waals surface area contributed by atoms with E-state index in [2.05, 4.69) is 134 Å². The van der Waals surface area contributed by atoms with Crippen LogP contribution in [0.4, 0.5) is 34.1 Å². The molecule has 254 valence electrons. The fourth-order valence-corrected chi connectivity index (χ4v) is 6.09. The Bertz CT molecular complexity index is 997. The first-order chi connectivity index (χ1) is 22.6. The van der Waals surface area contributed by atoms with Crippen LogP contribution in [0, 0.1) is 0 Å². The molecular weight excluding hydrogens is 560 g/mol. The molecule has 0 unspecified atom stereocenters. The molecule has 0 radical (unpaired) electrons. The van der Waals surface area contributed by atoms with E-state index in [4.69, 9.17) is 0 Å². The summed E-state index contributed by atoms with van der Waals surface area (Å²) in [7, 11) is 0. The van der Waals surface area contributed by atoms with Crippen molar-refractivity contribution in [3.8, 4) is 0 Å². The van der Waals surface area contributed by atoms with E-state index < -0.39 is 0 Å². The molecule has 46 heavy (non-hydrogen) atoms. The van der Waals surface area contributed by atoms with E-state index in [0.29, 0.717) is 0 Å². The minimum absolute atomic E-state index is 1.13. The van der Waals surface area contributed by atoms with Gasteiger partial charge in [-0.1, -0.05) is 80.1 Å². The van der Waals surface area contributed by atoms with Crippen LogP contribution in [-0.2, 0) is 0 Å². The number of nitrogens with zero attached hydrogens (tertiary/aromatic N) is 4. The van der Waals surface area contributed by atoms with Gasteiger partial charge in [0.15, 0.2) is 0 Å². The zero-order chi connectivity index (χ0) is 33.0. The molecule has 0 N–H and O–H groups in total. The van der Waals surface area contributed by atoms with Crippen LogP contribution in [-0.4, -0.2) is 39.3 Å². The van der Waals surface area contributed by atoms with E-state index in [1.165, 1.54) is 111 Å². The first-order valence-electron chi connectivity index (χ1n) is 18.9. The third-order valence-electron chi connectivity index (χ3n) is 9.11. The molecule has 0 aliphatic heterocycles. The molecule has 0 fully saturated rings. The van der Waals surface area contributed by atoms with Gasteiger partial charge in [-0.3, -0.25) is 0 Å². The molecule has 3 aromatic rings. The van der Waals surface area contributed by atoms with Gasteiger partial charge in [-0.2, -0.15) is 0 Å². The Labute approximate surface area is 283 Å². The van der Waals surface area contributed by atoms with Crippen LogP contribution in [0.1, 0.15) is 119 Å². The van der Waals surface area contributed by atoms with Gasteiger partial charge >= 0.3 is 0 Å². The van der Waals surface area contributed by atoms with Gasteiger partial charge in [-0.25, -0.2) is 0 Å². The highest BCUT2D eigenvalue weighted by atomic mass is 15.2. The molecule has 0 aliphatic carbocycles. The van der Waals surface area contributed by atoms with Gasteiger partial charge in [0.25, 0.3) is 0 Å². The van der Waals surface area contributed by atoms with Crippen LogP contribution < -0.4 is 19.6 Å². The van der Waals surface area contributed by atoms with E-state index in [1.807, 2.05) is 0 Å². The fourth-order valence-electron chi connectivity index (χ4n) is 6.09. The summed E-state index contributed by atoms with van der Waals surface area (Å²) in [5, 5.41) is 0. The molecule has 0 spiro atoms. The Morgan fingerprint density at radius 2 is 0.457 bits per heavy atom. The summed E-state index contributed by atoms with van der Waals surface area (Å²) < 4.78 is 0. The molecule has 0 saturated heterocycles. The molecule has 4 nitrogen and oxygen atoms in total. The summed E-state index contributed by atoms with van der Waals surface area (Å²) in [6.45, 7) is 20.5. The number of benzene rings is 3. The highest BCUT2D eigenvalue weighted by molar-refractivity contribution is 5.79. The maximum absolute atomic E-state index is 2.58. The topological polar surface area (TPSA) is 13.0 Å². The number of anilines is 6. The van der Waals surface area contributed by atoms with Crippen molar-refractivity contribution in [1.82, 2.24) is 0 Å². The molecule has 0 bridgehead atoms. The molecular formula is C42H66N4. The van der Waals surface area contributed by atoms with Crippen molar-refractivity contribution in [2.45, 2.75) is 119 Å². The molecule has 0 heterocycles. The predicted molar refractivity (Wildman–Crippen MR) is 207 cm³/mol. The van der Waals surface area contributed by atoms with Gasteiger partial charge in [0.05, 0.1) is 0 Å². The highest BCUT2D eigenvalue weighted by Crippen LogP contribution is 2.37. The molecule has 3 aromatic carbocycles. The Morgan fingerprint density at radius 1 is 0.283 bits per heavy atom. The Balaban J connectivity index is 1.98. The van der Waals surface area contributed by atoms with Crippen molar-refractivity contribution in [2.24, 2.45) is 0 Å². The van der Waals surface area contributed by atoms with Crippen molar-refractivity contribution >= 4 is 34.1 Å². The van der Waals surface area contributed by atoms with Crippen LogP contribution in [0.15, 0.2) is 72.8 Å². The lowest BCUT2D eigenvalue weighted by molar-refractivity contribution is 0.678. The van der Waals surface area contributed by atoms with E-state index in [9.17, 15) is 0 Å². The van der Waals surface area contributed by atoms with Gasteiger partial charge in [-0.05, 0) is 111 Å². The second kappa shape index (κ2) is 21.6. The third kappa shape index (κ3) is 11.6. The second-order valence-corrected chi connectivity index (χ2v) is 13.0. The van der Waals surface area contributed by atoms with Gasteiger partial charge < -0.3 is 19.6 Å². The van der Waals surface area contributed by atoms with Crippen LogP contribution in [0.5, 0.6) is 0 Å². The van der Waals surface area contributed by atoms with Gasteiger partial charge in [-0.15, -0.1) is 0 Å². The van der Waals surface area contributed by atoms with E-state index in [1.54, 1.807) is 0 Å². The van der Waals surface area contributed by atoms with Crippen molar-refractivity contribution in [3.63, 3.8) is 0 Å². The summed E-state index contributed by atoms with van der Waals surface area (Å²) in [4.78, 5) is 10.2. The zero-order valence-corrected chi connectivity index (χ0v) is 30.4. The maximum atomic E-state index is 2.58. The normalized spacial score (nSPS) is 11.1. The predicted octanol–water partition coefficient (Wildman–Crippen LogP) is 12.4. The largest absolute Gasteiger partial charge is 0.372 e. The lowest BCUT2D eigenvalue weighted by Crippen LogP contribution is -2.26. The molecule has 0 amide bonds. The van der Waals surface area contributed by atoms with Crippen LogP contribution >= 0.6 is 0 Å². The summed E-state index contributed by atoms with van der Waals surface area (Å²) in [5.41, 5.74) is 7.62. The fraction of sp³-hybridized carbons (Fsp3) is 0.571. The van der Waals surface area contributed by atoms with Crippen LogP contribution in [0.2, 0.25) is 0 Å². The molecule has 0 atom stereocenters. The molecule has 0 aliphatic rings. The summed E-state index contributed by atoms with van der Waals surface area (Å²) in [5.74, 6) is 0. The van der Waals surface area contributed by atoms with E-state index in [-0.39, 0.29) is 0 Å². The smallest absolute Gasteiger partial charge is 0.0463 e. The quantitative estimate of drug-likeness (QED) is 0.0980. The summed E-state index contributed by atoms with van der Waals surface area (Å²) in [6, 6.07) is 28.0. The Hall–Kier alpha value is -3.14. The Morgan fingerprint density at radius 3 is 0.630 bits per heavy atom. The SMILES string of the molecule is CCCCN(CCCC)c1ccc(N(c2ccc(N(CCCC)CCCC)cc2)c2ccc(N(CCCC)CCCC)cc2)cc1. The average molecular weight is 627 g/mol. The second-order valence-electron chi connectivity index (χ2n) is 13.0. The standard InChI is InChI=1S/C42H66N4/c1-7-13-31-43(32-14-8-2)37-19-25-40(26-20-37)46(41-27-21-38(22-28-41)44(33-15-9-3)34-16-10-4)42-29-23-39(24-30-42)45(35-17-11-5)36-18-12-6/h19-30H,7-18,31-36H2,1-6H3. The first-order valence-corrected chi connectivity index (χ1v) is 18.9. The minimum atomic E-state index is 1.13. The maximum Gasteiger partial charge on any atom is 0.0463 e. The average Bonchev–Trinajstić information content (AvgIpc) is 3.10. The lowest BCUT2D eigenvalue weighted by atomic mass is 10.1. The van der Waals surface area contributed by atoms with Gasteiger partial charge in [0.1, 0.15) is 0 Å². The van der Waals surface area contributed by atoms with Crippen molar-refractivity contribution in [2.75, 3.05) is 58.9 Å². The Kier molecular flexibility index (Phi) is 17.5. The van der Waals surface area contributed by atoms with Gasteiger partial charge in [0.2, 0.25) is 0 Å². The van der Waals surface area contributed by atoms with Gasteiger partial charge in [0, 0.05) is 73.4 Å². The number of rotatable bonds is 24. The minimum Gasteiger partial charge on any atom is -0.372 e. The van der Waals surface area contributed by atoms with Crippen LogP contribution in [0.25, 0.3) is 0 Å².